The first-order chi connectivity index (χ1) is 7.18. The number of amides is 1. The second-order valence-corrected chi connectivity index (χ2v) is 5.09. The van der Waals surface area contributed by atoms with Crippen LogP contribution in [0, 0.1) is 5.92 Å². The zero-order valence-electron chi connectivity index (χ0n) is 9.83. The minimum absolute atomic E-state index is 0.133. The Bertz CT molecular complexity index is 242. The van der Waals surface area contributed by atoms with Gasteiger partial charge in [0.05, 0.1) is 0 Å². The Morgan fingerprint density at radius 2 is 2.00 bits per heavy atom. The van der Waals surface area contributed by atoms with Gasteiger partial charge in [0, 0.05) is 25.6 Å². The molecular weight excluding hydrogens is 188 g/mol. The Balaban J connectivity index is 2.03. The van der Waals surface area contributed by atoms with Gasteiger partial charge in [0.1, 0.15) is 0 Å². The predicted octanol–water partition coefficient (Wildman–Crippen LogP) is 1.39. The number of likely N-dealkylation sites (tertiary alicyclic amines) is 1. The molecule has 0 aromatic heterocycles. The molecule has 0 radical (unpaired) electrons. The zero-order valence-corrected chi connectivity index (χ0v) is 9.83. The molecule has 1 amide bonds. The molecule has 3 unspecified atom stereocenters. The summed E-state index contributed by atoms with van der Waals surface area (Å²) in [6.45, 7) is 2.77. The lowest BCUT2D eigenvalue weighted by Crippen LogP contribution is -2.56. The minimum Gasteiger partial charge on any atom is -0.353 e. The van der Waals surface area contributed by atoms with Gasteiger partial charge in [0.15, 0.2) is 0 Å². The SMILES string of the molecule is CC(=O)NC1CCN(C)C2CCCCC12. The Hall–Kier alpha value is -0.570. The van der Waals surface area contributed by atoms with Gasteiger partial charge in [-0.1, -0.05) is 12.8 Å². The highest BCUT2D eigenvalue weighted by Crippen LogP contribution is 2.34. The van der Waals surface area contributed by atoms with Gasteiger partial charge in [0.2, 0.25) is 5.91 Å². The third-order valence-corrected chi connectivity index (χ3v) is 4.05. The summed E-state index contributed by atoms with van der Waals surface area (Å²) >= 11 is 0. The molecule has 15 heavy (non-hydrogen) atoms. The van der Waals surface area contributed by atoms with Crippen molar-refractivity contribution in [2.75, 3.05) is 13.6 Å². The first-order valence-electron chi connectivity index (χ1n) is 6.16. The van der Waals surface area contributed by atoms with Crippen molar-refractivity contribution in [2.45, 2.75) is 51.1 Å². The largest absolute Gasteiger partial charge is 0.353 e. The monoisotopic (exact) mass is 210 g/mol. The van der Waals surface area contributed by atoms with E-state index in [1.807, 2.05) is 0 Å². The molecule has 3 atom stereocenters. The molecule has 1 saturated heterocycles. The molecule has 3 nitrogen and oxygen atoms in total. The number of rotatable bonds is 1. The van der Waals surface area contributed by atoms with Crippen LogP contribution < -0.4 is 5.32 Å². The van der Waals surface area contributed by atoms with Crippen molar-refractivity contribution in [2.24, 2.45) is 5.92 Å². The lowest BCUT2D eigenvalue weighted by Gasteiger charge is -2.46. The maximum Gasteiger partial charge on any atom is 0.217 e. The number of hydrogen-bond acceptors (Lipinski definition) is 2. The topological polar surface area (TPSA) is 32.3 Å². The minimum atomic E-state index is 0.133. The second-order valence-electron chi connectivity index (χ2n) is 5.09. The fourth-order valence-corrected chi connectivity index (χ4v) is 3.32. The summed E-state index contributed by atoms with van der Waals surface area (Å²) in [5.74, 6) is 0.829. The highest BCUT2D eigenvalue weighted by molar-refractivity contribution is 5.73. The van der Waals surface area contributed by atoms with E-state index in [9.17, 15) is 4.79 Å². The zero-order chi connectivity index (χ0) is 10.8. The molecule has 1 aliphatic carbocycles. The molecule has 0 aromatic carbocycles. The summed E-state index contributed by atoms with van der Waals surface area (Å²) in [4.78, 5) is 13.6. The Kier molecular flexibility index (Phi) is 3.29. The van der Waals surface area contributed by atoms with Crippen LogP contribution in [0.5, 0.6) is 0 Å². The third kappa shape index (κ3) is 2.33. The van der Waals surface area contributed by atoms with Gasteiger partial charge in [-0.2, -0.15) is 0 Å². The van der Waals surface area contributed by atoms with Gasteiger partial charge in [-0.3, -0.25) is 4.79 Å². The Labute approximate surface area is 92.2 Å². The number of carbonyl (C=O) groups excluding carboxylic acids is 1. The summed E-state index contributed by atoms with van der Waals surface area (Å²) in [6, 6.07) is 1.15. The lowest BCUT2D eigenvalue weighted by atomic mass is 9.75. The van der Waals surface area contributed by atoms with Gasteiger partial charge in [-0.15, -0.1) is 0 Å². The summed E-state index contributed by atoms with van der Waals surface area (Å²) < 4.78 is 0. The molecule has 1 saturated carbocycles. The van der Waals surface area contributed by atoms with Crippen molar-refractivity contribution in [3.05, 3.63) is 0 Å². The predicted molar refractivity (Wildman–Crippen MR) is 60.6 cm³/mol. The Morgan fingerprint density at radius 1 is 1.27 bits per heavy atom. The number of carbonyl (C=O) groups is 1. The maximum atomic E-state index is 11.1. The molecule has 0 spiro atoms. The number of hydrogen-bond donors (Lipinski definition) is 1. The quantitative estimate of drug-likeness (QED) is 0.709. The number of fused-ring (bicyclic) bond motifs is 1. The first kappa shape index (κ1) is 10.9. The average molecular weight is 210 g/mol. The molecule has 2 aliphatic rings. The third-order valence-electron chi connectivity index (χ3n) is 4.05. The molecule has 3 heteroatoms. The summed E-state index contributed by atoms with van der Waals surface area (Å²) in [5, 5.41) is 3.14. The average Bonchev–Trinajstić information content (AvgIpc) is 2.22. The van der Waals surface area contributed by atoms with Crippen molar-refractivity contribution >= 4 is 5.91 Å². The molecule has 2 fully saturated rings. The standard InChI is InChI=1S/C12H22N2O/c1-9(15)13-11-7-8-14(2)12-6-4-3-5-10(11)12/h10-12H,3-8H2,1-2H3,(H,13,15). The van der Waals surface area contributed by atoms with Gasteiger partial charge in [-0.25, -0.2) is 0 Å². The highest BCUT2D eigenvalue weighted by Gasteiger charge is 2.37. The Morgan fingerprint density at radius 3 is 2.73 bits per heavy atom. The fourth-order valence-electron chi connectivity index (χ4n) is 3.32. The lowest BCUT2D eigenvalue weighted by molar-refractivity contribution is -0.120. The molecule has 2 rings (SSSR count). The van der Waals surface area contributed by atoms with E-state index < -0.39 is 0 Å². The van der Waals surface area contributed by atoms with Crippen LogP contribution in [0.25, 0.3) is 0 Å². The number of nitrogens with one attached hydrogen (secondary N) is 1. The van der Waals surface area contributed by atoms with Gasteiger partial charge in [-0.05, 0) is 32.2 Å². The van der Waals surface area contributed by atoms with Crippen molar-refractivity contribution in [3.8, 4) is 0 Å². The normalized spacial score (nSPS) is 37.1. The number of nitrogens with zero attached hydrogens (tertiary/aromatic N) is 1. The smallest absolute Gasteiger partial charge is 0.217 e. The molecule has 86 valence electrons. The van der Waals surface area contributed by atoms with E-state index in [0.717, 1.165) is 13.0 Å². The summed E-state index contributed by atoms with van der Waals surface area (Å²) in [6.07, 6.45) is 6.43. The molecule has 1 N–H and O–H groups in total. The fraction of sp³-hybridized carbons (Fsp3) is 0.917. The molecule has 0 bridgehead atoms. The van der Waals surface area contributed by atoms with Crippen LogP contribution in [0.15, 0.2) is 0 Å². The van der Waals surface area contributed by atoms with Crippen LogP contribution in [0.1, 0.15) is 39.0 Å². The van der Waals surface area contributed by atoms with E-state index in [1.165, 1.54) is 25.7 Å². The van der Waals surface area contributed by atoms with E-state index in [-0.39, 0.29) is 5.91 Å². The second kappa shape index (κ2) is 4.52. The first-order valence-corrected chi connectivity index (χ1v) is 6.16. The van der Waals surface area contributed by atoms with Crippen molar-refractivity contribution < 1.29 is 4.79 Å². The van der Waals surface area contributed by atoms with Crippen molar-refractivity contribution in [3.63, 3.8) is 0 Å². The van der Waals surface area contributed by atoms with Gasteiger partial charge >= 0.3 is 0 Å². The number of piperidine rings is 1. The summed E-state index contributed by atoms with van der Waals surface area (Å²) in [7, 11) is 2.23. The van der Waals surface area contributed by atoms with E-state index in [2.05, 4.69) is 17.3 Å². The van der Waals surface area contributed by atoms with Crippen LogP contribution in [-0.2, 0) is 4.79 Å². The van der Waals surface area contributed by atoms with Crippen molar-refractivity contribution in [1.82, 2.24) is 10.2 Å². The van der Waals surface area contributed by atoms with Gasteiger partial charge in [0.25, 0.3) is 0 Å². The van der Waals surface area contributed by atoms with Crippen LogP contribution in [0.3, 0.4) is 0 Å². The molecule has 1 aliphatic heterocycles. The van der Waals surface area contributed by atoms with Crippen LogP contribution in [-0.4, -0.2) is 36.5 Å². The van der Waals surface area contributed by atoms with Crippen LogP contribution in [0.2, 0.25) is 0 Å². The molecular formula is C12H22N2O. The van der Waals surface area contributed by atoms with Crippen LogP contribution in [0.4, 0.5) is 0 Å². The molecule has 1 heterocycles. The summed E-state index contributed by atoms with van der Waals surface area (Å²) in [5.41, 5.74) is 0. The highest BCUT2D eigenvalue weighted by atomic mass is 16.1. The van der Waals surface area contributed by atoms with Crippen LogP contribution >= 0.6 is 0 Å². The van der Waals surface area contributed by atoms with Gasteiger partial charge < -0.3 is 10.2 Å². The van der Waals surface area contributed by atoms with E-state index in [4.69, 9.17) is 0 Å². The molecule has 0 aromatic rings. The maximum absolute atomic E-state index is 11.1. The van der Waals surface area contributed by atoms with E-state index in [0.29, 0.717) is 18.0 Å². The van der Waals surface area contributed by atoms with Crippen molar-refractivity contribution in [1.29, 1.82) is 0 Å². The van der Waals surface area contributed by atoms with E-state index in [1.54, 1.807) is 6.92 Å². The van der Waals surface area contributed by atoms with E-state index >= 15 is 0 Å².